The number of nitrogens with zero attached hydrogens (tertiary/aromatic N) is 1. The van der Waals surface area contributed by atoms with Gasteiger partial charge in [-0.3, -0.25) is 4.79 Å². The first-order valence-corrected chi connectivity index (χ1v) is 6.99. The standard InChI is InChI=1S/C15H19NO3/c17-15(16-7-1-2-8-16)11-19-13-5-6-14-12(10-13)4-3-9-18-14/h5-6,10H,1-4,7-9,11H2. The minimum atomic E-state index is 0.0893. The van der Waals surface area contributed by atoms with Crippen molar-refractivity contribution in [2.45, 2.75) is 25.7 Å². The minimum absolute atomic E-state index is 0.0893. The highest BCUT2D eigenvalue weighted by atomic mass is 16.5. The van der Waals surface area contributed by atoms with E-state index < -0.39 is 0 Å². The van der Waals surface area contributed by atoms with Crippen LogP contribution in [0.1, 0.15) is 24.8 Å². The second kappa shape index (κ2) is 5.51. The molecule has 0 N–H and O–H groups in total. The summed E-state index contributed by atoms with van der Waals surface area (Å²) in [6.45, 7) is 2.68. The zero-order valence-electron chi connectivity index (χ0n) is 11.1. The second-order valence-electron chi connectivity index (χ2n) is 5.10. The largest absolute Gasteiger partial charge is 0.493 e. The molecule has 4 heteroatoms. The van der Waals surface area contributed by atoms with E-state index in [2.05, 4.69) is 0 Å². The molecule has 2 aliphatic heterocycles. The van der Waals surface area contributed by atoms with Crippen LogP contribution in [0.25, 0.3) is 0 Å². The number of amides is 1. The second-order valence-corrected chi connectivity index (χ2v) is 5.10. The molecule has 102 valence electrons. The van der Waals surface area contributed by atoms with Gasteiger partial charge in [0.15, 0.2) is 6.61 Å². The van der Waals surface area contributed by atoms with Crippen LogP contribution in [0.4, 0.5) is 0 Å². The number of hydrogen-bond acceptors (Lipinski definition) is 3. The van der Waals surface area contributed by atoms with Gasteiger partial charge in [-0.05, 0) is 49.4 Å². The SMILES string of the molecule is O=C(COc1ccc2c(c1)CCCO2)N1CCCC1. The Balaban J connectivity index is 1.59. The van der Waals surface area contributed by atoms with E-state index in [0.29, 0.717) is 0 Å². The zero-order chi connectivity index (χ0) is 13.1. The number of benzene rings is 1. The van der Waals surface area contributed by atoms with E-state index in [9.17, 15) is 4.79 Å². The van der Waals surface area contributed by atoms with E-state index in [1.807, 2.05) is 23.1 Å². The Hall–Kier alpha value is -1.71. The number of carbonyl (C=O) groups is 1. The van der Waals surface area contributed by atoms with Gasteiger partial charge in [0, 0.05) is 13.1 Å². The van der Waals surface area contributed by atoms with Gasteiger partial charge in [0.05, 0.1) is 6.61 Å². The van der Waals surface area contributed by atoms with Crippen molar-refractivity contribution >= 4 is 5.91 Å². The van der Waals surface area contributed by atoms with E-state index in [4.69, 9.17) is 9.47 Å². The van der Waals surface area contributed by atoms with Crippen LogP contribution in [0.15, 0.2) is 18.2 Å². The lowest BCUT2D eigenvalue weighted by Gasteiger charge is -2.19. The van der Waals surface area contributed by atoms with Crippen LogP contribution in [0.3, 0.4) is 0 Å². The number of carbonyl (C=O) groups excluding carboxylic acids is 1. The summed E-state index contributed by atoms with van der Waals surface area (Å²) >= 11 is 0. The first kappa shape index (κ1) is 12.3. The third-order valence-electron chi connectivity index (χ3n) is 3.70. The number of fused-ring (bicyclic) bond motifs is 1. The molecule has 0 bridgehead atoms. The molecule has 1 fully saturated rings. The third-order valence-corrected chi connectivity index (χ3v) is 3.70. The summed E-state index contributed by atoms with van der Waals surface area (Å²) in [5, 5.41) is 0. The number of ether oxygens (including phenoxy) is 2. The molecular weight excluding hydrogens is 242 g/mol. The summed E-state index contributed by atoms with van der Waals surface area (Å²) in [6.07, 6.45) is 4.29. The van der Waals surface area contributed by atoms with E-state index in [1.165, 1.54) is 5.56 Å². The molecule has 1 amide bonds. The predicted octanol–water partition coefficient (Wildman–Crippen LogP) is 2.01. The maximum Gasteiger partial charge on any atom is 0.260 e. The van der Waals surface area contributed by atoms with Gasteiger partial charge in [-0.2, -0.15) is 0 Å². The number of hydrogen-bond donors (Lipinski definition) is 0. The summed E-state index contributed by atoms with van der Waals surface area (Å²) in [5.74, 6) is 1.80. The Labute approximate surface area is 113 Å². The molecule has 0 radical (unpaired) electrons. The number of likely N-dealkylation sites (tertiary alicyclic amines) is 1. The lowest BCUT2D eigenvalue weighted by atomic mass is 10.1. The van der Waals surface area contributed by atoms with Gasteiger partial charge in [-0.25, -0.2) is 0 Å². The van der Waals surface area contributed by atoms with Crippen LogP contribution < -0.4 is 9.47 Å². The Bertz CT molecular complexity index is 466. The van der Waals surface area contributed by atoms with Crippen molar-refractivity contribution in [3.63, 3.8) is 0 Å². The monoisotopic (exact) mass is 261 g/mol. The molecule has 0 spiro atoms. The van der Waals surface area contributed by atoms with Crippen molar-refractivity contribution in [1.29, 1.82) is 0 Å². The predicted molar refractivity (Wildman–Crippen MR) is 71.6 cm³/mol. The van der Waals surface area contributed by atoms with Crippen molar-refractivity contribution in [3.8, 4) is 11.5 Å². The fraction of sp³-hybridized carbons (Fsp3) is 0.533. The highest BCUT2D eigenvalue weighted by molar-refractivity contribution is 5.78. The van der Waals surface area contributed by atoms with Gasteiger partial charge in [-0.15, -0.1) is 0 Å². The lowest BCUT2D eigenvalue weighted by Crippen LogP contribution is -2.32. The van der Waals surface area contributed by atoms with Gasteiger partial charge in [0.2, 0.25) is 0 Å². The zero-order valence-corrected chi connectivity index (χ0v) is 11.1. The molecule has 1 saturated heterocycles. The summed E-state index contributed by atoms with van der Waals surface area (Å²) in [4.78, 5) is 13.8. The van der Waals surface area contributed by atoms with Crippen molar-refractivity contribution in [2.75, 3.05) is 26.3 Å². The average molecular weight is 261 g/mol. The lowest BCUT2D eigenvalue weighted by molar-refractivity contribution is -0.132. The first-order valence-electron chi connectivity index (χ1n) is 6.99. The topological polar surface area (TPSA) is 38.8 Å². The van der Waals surface area contributed by atoms with Crippen LogP contribution in [0, 0.1) is 0 Å². The van der Waals surface area contributed by atoms with Crippen LogP contribution in [-0.2, 0) is 11.2 Å². The summed E-state index contributed by atoms with van der Waals surface area (Å²) < 4.78 is 11.2. The fourth-order valence-electron chi connectivity index (χ4n) is 2.63. The Kier molecular flexibility index (Phi) is 3.58. The smallest absolute Gasteiger partial charge is 0.260 e. The van der Waals surface area contributed by atoms with Crippen LogP contribution in [0.2, 0.25) is 0 Å². The average Bonchev–Trinajstić information content (AvgIpc) is 2.99. The Morgan fingerprint density at radius 2 is 2.11 bits per heavy atom. The molecule has 19 heavy (non-hydrogen) atoms. The summed E-state index contributed by atoms with van der Waals surface area (Å²) in [7, 11) is 0. The van der Waals surface area contributed by atoms with E-state index in [0.717, 1.165) is 56.9 Å². The molecule has 0 atom stereocenters. The van der Waals surface area contributed by atoms with Crippen LogP contribution in [-0.4, -0.2) is 37.1 Å². The van der Waals surface area contributed by atoms with E-state index in [1.54, 1.807) is 0 Å². The molecule has 0 unspecified atom stereocenters. The number of rotatable bonds is 3. The van der Waals surface area contributed by atoms with Gasteiger partial charge in [0.25, 0.3) is 5.91 Å². The third kappa shape index (κ3) is 2.83. The van der Waals surface area contributed by atoms with Gasteiger partial charge in [0.1, 0.15) is 11.5 Å². The first-order chi connectivity index (χ1) is 9.33. The summed E-state index contributed by atoms with van der Waals surface area (Å²) in [5.41, 5.74) is 1.18. The molecule has 4 nitrogen and oxygen atoms in total. The van der Waals surface area contributed by atoms with Crippen molar-refractivity contribution in [2.24, 2.45) is 0 Å². The molecule has 2 heterocycles. The van der Waals surface area contributed by atoms with Crippen molar-refractivity contribution in [3.05, 3.63) is 23.8 Å². The molecule has 0 aromatic heterocycles. The molecule has 1 aromatic carbocycles. The van der Waals surface area contributed by atoms with Crippen molar-refractivity contribution in [1.82, 2.24) is 4.90 Å². The maximum absolute atomic E-state index is 11.9. The van der Waals surface area contributed by atoms with Crippen molar-refractivity contribution < 1.29 is 14.3 Å². The van der Waals surface area contributed by atoms with Crippen LogP contribution in [0.5, 0.6) is 11.5 Å². The molecule has 2 aliphatic rings. The highest BCUT2D eigenvalue weighted by Crippen LogP contribution is 2.28. The quantitative estimate of drug-likeness (QED) is 0.835. The maximum atomic E-state index is 11.9. The minimum Gasteiger partial charge on any atom is -0.493 e. The fourth-order valence-corrected chi connectivity index (χ4v) is 2.63. The molecule has 1 aromatic rings. The highest BCUT2D eigenvalue weighted by Gasteiger charge is 2.18. The van der Waals surface area contributed by atoms with Gasteiger partial charge >= 0.3 is 0 Å². The van der Waals surface area contributed by atoms with E-state index in [-0.39, 0.29) is 12.5 Å². The number of aryl methyl sites for hydroxylation is 1. The molecule has 3 rings (SSSR count). The normalized spacial score (nSPS) is 17.8. The van der Waals surface area contributed by atoms with Gasteiger partial charge in [-0.1, -0.05) is 0 Å². The molecule has 0 saturated carbocycles. The van der Waals surface area contributed by atoms with Gasteiger partial charge < -0.3 is 14.4 Å². The Morgan fingerprint density at radius 3 is 2.95 bits per heavy atom. The summed E-state index contributed by atoms with van der Waals surface area (Å²) in [6, 6.07) is 5.80. The Morgan fingerprint density at radius 1 is 1.26 bits per heavy atom. The van der Waals surface area contributed by atoms with E-state index >= 15 is 0 Å². The van der Waals surface area contributed by atoms with Crippen LogP contribution >= 0.6 is 0 Å². The molecule has 0 aliphatic carbocycles. The molecular formula is C15H19NO3.